The van der Waals surface area contributed by atoms with Crippen molar-refractivity contribution in [2.45, 2.75) is 0 Å². The average Bonchev–Trinajstić information content (AvgIpc) is 0. The molecule has 0 bridgehead atoms. The molecule has 0 heterocycles. The second kappa shape index (κ2) is 43.2. The van der Waals surface area contributed by atoms with Crippen molar-refractivity contribution >= 4 is 0 Å². The van der Waals surface area contributed by atoms with Gasteiger partial charge in [-0.25, -0.2) is 0 Å². The quantitative estimate of drug-likeness (QED) is 0.267. The van der Waals surface area contributed by atoms with Crippen molar-refractivity contribution in [3.8, 4) is 0 Å². The van der Waals surface area contributed by atoms with Crippen LogP contribution in [-0.4, -0.2) is 0 Å². The Morgan fingerprint density at radius 2 is 0.333 bits per heavy atom. The molecule has 0 aromatic carbocycles. The molecule has 0 spiro atoms. The van der Waals surface area contributed by atoms with Gasteiger partial charge in [-0.3, -0.25) is 0 Å². The molecule has 0 nitrogen and oxygen atoms in total. The van der Waals surface area contributed by atoms with Crippen LogP contribution in [0.5, 0.6) is 0 Å². The van der Waals surface area contributed by atoms with Gasteiger partial charge in [0.15, 0.2) is 0 Å². The molecule has 0 saturated carbocycles. The SMILES string of the molecule is [Cl-].[Cl-].[Cl-].[Cl-].[Hg+2].[Hg+2]. The van der Waals surface area contributed by atoms with Crippen molar-refractivity contribution in [3.05, 3.63) is 0 Å². The molecule has 0 aromatic heterocycles. The maximum absolute atomic E-state index is 0. The van der Waals surface area contributed by atoms with Crippen molar-refractivity contribution in [2.75, 3.05) is 0 Å². The zero-order valence-electron chi connectivity index (χ0n) is 2.93. The van der Waals surface area contributed by atoms with Gasteiger partial charge in [0.25, 0.3) is 0 Å². The van der Waals surface area contributed by atoms with Gasteiger partial charge in [-0.1, -0.05) is 0 Å². The van der Waals surface area contributed by atoms with Gasteiger partial charge in [0.1, 0.15) is 0 Å². The summed E-state index contributed by atoms with van der Waals surface area (Å²) < 4.78 is 0. The predicted molar refractivity (Wildman–Crippen MR) is 0 cm³/mol. The van der Waals surface area contributed by atoms with Gasteiger partial charge < -0.3 is 49.6 Å². The first-order chi connectivity index (χ1) is 0. The van der Waals surface area contributed by atoms with E-state index in [1.54, 1.807) is 0 Å². The molecule has 0 saturated heterocycles. The van der Waals surface area contributed by atoms with E-state index in [1.165, 1.54) is 0 Å². The minimum Gasteiger partial charge on any atom is -1.00 e. The number of rotatable bonds is 0. The van der Waals surface area contributed by atoms with Crippen LogP contribution in [0.25, 0.3) is 0 Å². The van der Waals surface area contributed by atoms with Crippen LogP contribution in [0.1, 0.15) is 0 Å². The molecule has 0 aliphatic rings. The summed E-state index contributed by atoms with van der Waals surface area (Å²) in [6.07, 6.45) is 0. The maximum atomic E-state index is 0. The topological polar surface area (TPSA) is 0 Å². The largest absolute Gasteiger partial charge is 2.00 e. The van der Waals surface area contributed by atoms with Gasteiger partial charge in [0, 0.05) is 0 Å². The summed E-state index contributed by atoms with van der Waals surface area (Å²) in [6.45, 7) is 0. The summed E-state index contributed by atoms with van der Waals surface area (Å²) in [6, 6.07) is 0. The molecule has 0 atom stereocenters. The second-order valence-corrected chi connectivity index (χ2v) is 0. The molecule has 0 fully saturated rings. The van der Waals surface area contributed by atoms with Gasteiger partial charge in [-0.05, 0) is 0 Å². The van der Waals surface area contributed by atoms with E-state index in [0.717, 1.165) is 0 Å². The van der Waals surface area contributed by atoms with Crippen LogP contribution < -0.4 is 49.6 Å². The number of halogens is 4. The standard InChI is InChI=1S/4ClH.2Hg/h4*1H;;/q;;;;2*+2/p-4. The van der Waals surface area contributed by atoms with Crippen LogP contribution in [-0.2, 0) is 55.3 Å². The fraction of sp³-hybridized carbons (Fsp3) is 0. The molecule has 0 radical (unpaired) electrons. The molecule has 0 aliphatic heterocycles. The van der Waals surface area contributed by atoms with Crippen molar-refractivity contribution in [2.24, 2.45) is 0 Å². The van der Waals surface area contributed by atoms with Gasteiger partial charge in [-0.15, -0.1) is 0 Å². The smallest absolute Gasteiger partial charge is 1.00 e. The van der Waals surface area contributed by atoms with Crippen LogP contribution in [0.3, 0.4) is 0 Å². The van der Waals surface area contributed by atoms with E-state index in [0.29, 0.717) is 0 Å². The fourth-order valence-electron chi connectivity index (χ4n) is 0. The van der Waals surface area contributed by atoms with E-state index in [-0.39, 0.29) is 105 Å². The first-order valence-corrected chi connectivity index (χ1v) is 0. The molecule has 0 aromatic rings. The Balaban J connectivity index is 0. The monoisotopic (exact) mass is 544 g/mol. The third kappa shape index (κ3) is 27.8. The van der Waals surface area contributed by atoms with E-state index in [1.807, 2.05) is 0 Å². The van der Waals surface area contributed by atoms with Gasteiger partial charge >= 0.3 is 55.3 Å². The Morgan fingerprint density at radius 1 is 0.333 bits per heavy atom. The van der Waals surface area contributed by atoms with Crippen molar-refractivity contribution in [3.63, 3.8) is 0 Å². The Hall–Kier alpha value is 3.03. The molecule has 6 heteroatoms. The summed E-state index contributed by atoms with van der Waals surface area (Å²) in [5.74, 6) is 0. The Kier molecular flexibility index (Phi) is 457. The van der Waals surface area contributed by atoms with Gasteiger partial charge in [-0.2, -0.15) is 0 Å². The third-order valence-electron chi connectivity index (χ3n) is 0. The van der Waals surface area contributed by atoms with Crippen molar-refractivity contribution in [1.82, 2.24) is 0 Å². The molecule has 0 unspecified atom stereocenters. The van der Waals surface area contributed by atoms with Gasteiger partial charge in [0.05, 0.1) is 0 Å². The molecular formula is Cl4Hg2. The summed E-state index contributed by atoms with van der Waals surface area (Å²) in [5.41, 5.74) is 0. The maximum Gasteiger partial charge on any atom is 2.00 e. The number of hydrogen-bond donors (Lipinski definition) is 0. The molecule has 0 N–H and O–H groups in total. The fourth-order valence-corrected chi connectivity index (χ4v) is 0. The molecule has 0 amide bonds. The molecule has 6 heavy (non-hydrogen) atoms. The first-order valence-electron chi connectivity index (χ1n) is 0. The molecule has 0 rings (SSSR count). The van der Waals surface area contributed by atoms with Crippen LogP contribution >= 0.6 is 0 Å². The summed E-state index contributed by atoms with van der Waals surface area (Å²) in [5, 5.41) is 0. The van der Waals surface area contributed by atoms with E-state index < -0.39 is 0 Å². The zero-order chi connectivity index (χ0) is 0. The summed E-state index contributed by atoms with van der Waals surface area (Å²) >= 11 is 0. The van der Waals surface area contributed by atoms with Crippen molar-refractivity contribution < 1.29 is 105 Å². The first kappa shape index (κ1) is 63.4. The van der Waals surface area contributed by atoms with E-state index in [9.17, 15) is 0 Å². The molecular weight excluding hydrogens is 543 g/mol. The number of hydrogen-bond acceptors (Lipinski definition) is 0. The normalized spacial score (nSPS) is 0. The zero-order valence-corrected chi connectivity index (χ0v) is 16.9. The molecule has 0 aliphatic carbocycles. The Labute approximate surface area is 103 Å². The van der Waals surface area contributed by atoms with Crippen LogP contribution in [0.2, 0.25) is 0 Å². The molecule has 32 valence electrons. The van der Waals surface area contributed by atoms with Crippen LogP contribution in [0, 0.1) is 0 Å². The van der Waals surface area contributed by atoms with E-state index in [4.69, 9.17) is 0 Å². The summed E-state index contributed by atoms with van der Waals surface area (Å²) in [7, 11) is 0. The van der Waals surface area contributed by atoms with Crippen molar-refractivity contribution in [1.29, 1.82) is 0 Å². The van der Waals surface area contributed by atoms with E-state index in [2.05, 4.69) is 0 Å². The third-order valence-corrected chi connectivity index (χ3v) is 0. The minimum absolute atomic E-state index is 0. The Morgan fingerprint density at radius 3 is 0.333 bits per heavy atom. The van der Waals surface area contributed by atoms with E-state index >= 15 is 0 Å². The average molecular weight is 543 g/mol. The summed E-state index contributed by atoms with van der Waals surface area (Å²) in [4.78, 5) is 0. The van der Waals surface area contributed by atoms with Crippen LogP contribution in [0.15, 0.2) is 0 Å². The van der Waals surface area contributed by atoms with Gasteiger partial charge in [0.2, 0.25) is 0 Å². The Bertz CT molecular complexity index is 5.51. The predicted octanol–water partition coefficient (Wildman–Crippen LogP) is -12.0. The minimum atomic E-state index is 0. The second-order valence-electron chi connectivity index (χ2n) is 0. The van der Waals surface area contributed by atoms with Crippen LogP contribution in [0.4, 0.5) is 0 Å².